The molecule has 5 amide bonds. The molecule has 0 saturated carbocycles. The zero-order chi connectivity index (χ0) is 26.1. The molecule has 186 valence electrons. The molecule has 3 N–H and O–H groups in total. The van der Waals surface area contributed by atoms with Gasteiger partial charge in [-0.1, -0.05) is 45.0 Å². The van der Waals surface area contributed by atoms with Crippen LogP contribution in [-0.2, 0) is 25.3 Å². The molecule has 0 radical (unpaired) electrons. The molecule has 1 unspecified atom stereocenters. The van der Waals surface area contributed by atoms with Crippen LogP contribution in [0.2, 0.25) is 0 Å². The van der Waals surface area contributed by atoms with E-state index < -0.39 is 65.5 Å². The molecule has 0 aliphatic carbocycles. The normalized spacial score (nSPS) is 17.9. The summed E-state index contributed by atoms with van der Waals surface area (Å²) in [4.78, 5) is 50.4. The predicted octanol–water partition coefficient (Wildman–Crippen LogP) is 2.92. The van der Waals surface area contributed by atoms with E-state index in [0.717, 1.165) is 16.5 Å². The topological polar surface area (TPSA) is 108 Å². The second kappa shape index (κ2) is 9.40. The molecule has 8 nitrogen and oxygen atoms in total. The summed E-state index contributed by atoms with van der Waals surface area (Å²) in [6.45, 7) is 6.34. The Morgan fingerprint density at radius 2 is 1.60 bits per heavy atom. The van der Waals surface area contributed by atoms with Gasteiger partial charge in [0.2, 0.25) is 11.8 Å². The highest BCUT2D eigenvalue weighted by molar-refractivity contribution is 6.09. The Balaban J connectivity index is 1.60. The first-order valence-corrected chi connectivity index (χ1v) is 10.7. The van der Waals surface area contributed by atoms with Crippen LogP contribution in [-0.4, -0.2) is 41.7 Å². The highest BCUT2D eigenvalue weighted by Crippen LogP contribution is 2.31. The fraction of sp³-hybridized carbons (Fsp3) is 0.333. The van der Waals surface area contributed by atoms with Gasteiger partial charge in [0.05, 0.1) is 12.2 Å². The van der Waals surface area contributed by atoms with Crippen LogP contribution in [0.5, 0.6) is 0 Å². The Hall–Kier alpha value is -3.89. The van der Waals surface area contributed by atoms with Crippen LogP contribution in [0.3, 0.4) is 0 Å². The number of rotatable bonds is 6. The zero-order valence-corrected chi connectivity index (χ0v) is 19.6. The molecule has 3 rings (SSSR count). The smallest absolute Gasteiger partial charge is 0.325 e. The third-order valence-corrected chi connectivity index (χ3v) is 5.66. The van der Waals surface area contributed by atoms with Crippen LogP contribution >= 0.6 is 0 Å². The molecule has 11 heteroatoms. The average molecular weight is 490 g/mol. The van der Waals surface area contributed by atoms with Gasteiger partial charge in [-0.25, -0.2) is 18.0 Å². The van der Waals surface area contributed by atoms with Gasteiger partial charge < -0.3 is 16.0 Å². The number of halogens is 3. The molecule has 1 heterocycles. The van der Waals surface area contributed by atoms with Crippen molar-refractivity contribution in [2.24, 2.45) is 0 Å². The Kier molecular flexibility index (Phi) is 6.91. The van der Waals surface area contributed by atoms with Gasteiger partial charge in [-0.3, -0.25) is 19.3 Å². The lowest BCUT2D eigenvalue weighted by molar-refractivity contribution is -0.135. The minimum absolute atomic E-state index is 0.102. The van der Waals surface area contributed by atoms with E-state index in [1.807, 2.05) is 38.2 Å². The molecular weight excluding hydrogens is 465 g/mol. The number of carbonyl (C=O) groups excluding carboxylic acids is 4. The molecule has 2 aromatic rings. The van der Waals surface area contributed by atoms with Crippen molar-refractivity contribution in [1.82, 2.24) is 15.5 Å². The van der Waals surface area contributed by atoms with Crippen LogP contribution in [0.1, 0.15) is 38.8 Å². The number of hydrogen-bond acceptors (Lipinski definition) is 4. The van der Waals surface area contributed by atoms with Crippen LogP contribution < -0.4 is 16.0 Å². The number of nitrogens with zero attached hydrogens (tertiary/aromatic N) is 1. The van der Waals surface area contributed by atoms with E-state index in [1.54, 1.807) is 12.1 Å². The number of hydrogen-bond donors (Lipinski definition) is 3. The lowest BCUT2D eigenvalue weighted by Gasteiger charge is -2.24. The Bertz CT molecular complexity index is 1190. The van der Waals surface area contributed by atoms with Crippen molar-refractivity contribution in [1.29, 1.82) is 0 Å². The van der Waals surface area contributed by atoms with Crippen molar-refractivity contribution >= 4 is 29.4 Å². The number of nitrogens with one attached hydrogen (secondary N) is 3. The van der Waals surface area contributed by atoms with E-state index in [0.29, 0.717) is 11.6 Å². The summed E-state index contributed by atoms with van der Waals surface area (Å²) in [5.41, 5.74) is -0.505. The molecule has 1 aliphatic heterocycles. The maximum Gasteiger partial charge on any atom is 0.325 e. The van der Waals surface area contributed by atoms with Crippen molar-refractivity contribution in [3.63, 3.8) is 0 Å². The lowest BCUT2D eigenvalue weighted by Crippen LogP contribution is -2.44. The number of urea groups is 1. The van der Waals surface area contributed by atoms with Gasteiger partial charge in [0.15, 0.2) is 17.5 Å². The Morgan fingerprint density at radius 3 is 2.20 bits per heavy atom. The van der Waals surface area contributed by atoms with Crippen LogP contribution in [0.15, 0.2) is 36.4 Å². The van der Waals surface area contributed by atoms with Gasteiger partial charge in [0.1, 0.15) is 12.1 Å². The molecule has 1 fully saturated rings. The van der Waals surface area contributed by atoms with E-state index >= 15 is 0 Å². The van der Waals surface area contributed by atoms with E-state index in [4.69, 9.17) is 0 Å². The first kappa shape index (κ1) is 25.7. The van der Waals surface area contributed by atoms with Crippen molar-refractivity contribution in [3.8, 4) is 0 Å². The van der Waals surface area contributed by atoms with Gasteiger partial charge in [0.25, 0.3) is 5.91 Å². The van der Waals surface area contributed by atoms with Crippen LogP contribution in [0, 0.1) is 17.5 Å². The first-order valence-electron chi connectivity index (χ1n) is 10.7. The second-order valence-electron chi connectivity index (χ2n) is 9.32. The van der Waals surface area contributed by atoms with Gasteiger partial charge in [-0.15, -0.1) is 0 Å². The highest BCUT2D eigenvalue weighted by Gasteiger charge is 2.49. The summed E-state index contributed by atoms with van der Waals surface area (Å²) in [5.74, 6) is -7.15. The summed E-state index contributed by atoms with van der Waals surface area (Å²) < 4.78 is 39.9. The molecular formula is C24H25F3N4O4. The maximum atomic E-state index is 13.7. The number of carbonyl (C=O) groups is 4. The number of benzene rings is 2. The summed E-state index contributed by atoms with van der Waals surface area (Å²) in [6, 6.07) is 7.90. The van der Waals surface area contributed by atoms with Crippen LogP contribution in [0.25, 0.3) is 0 Å². The molecule has 1 saturated heterocycles. The third kappa shape index (κ3) is 5.28. The average Bonchev–Trinajstić information content (AvgIpc) is 3.01. The van der Waals surface area contributed by atoms with E-state index in [-0.39, 0.29) is 5.41 Å². The van der Waals surface area contributed by atoms with E-state index in [1.165, 1.54) is 6.92 Å². The molecule has 0 bridgehead atoms. The summed E-state index contributed by atoms with van der Waals surface area (Å²) >= 11 is 0. The van der Waals surface area contributed by atoms with E-state index in [2.05, 4.69) is 10.6 Å². The van der Waals surface area contributed by atoms with Gasteiger partial charge >= 0.3 is 6.03 Å². The first-order chi connectivity index (χ1) is 16.2. The van der Waals surface area contributed by atoms with Crippen molar-refractivity contribution in [2.45, 2.75) is 38.6 Å². The molecule has 35 heavy (non-hydrogen) atoms. The SMILES string of the molecule is CC(C)(C)c1ccc(C2(C)NC(=O)N(CC(=O)NCC(=O)Nc3ccc(F)c(F)c3F)C2=O)cc1. The maximum absolute atomic E-state index is 13.7. The second-order valence-corrected chi connectivity index (χ2v) is 9.32. The standard InChI is InChI=1S/C24H25F3N4O4/c1-23(2,3)13-5-7-14(8-6-13)24(4)21(34)31(22(35)30-24)12-18(33)28-11-17(32)29-16-10-9-15(25)19(26)20(16)27/h5-10H,11-12H2,1-4H3,(H,28,33)(H,29,32)(H,30,35). The summed E-state index contributed by atoms with van der Waals surface area (Å²) in [6.07, 6.45) is 0. The van der Waals surface area contributed by atoms with Crippen molar-refractivity contribution in [2.75, 3.05) is 18.4 Å². The largest absolute Gasteiger partial charge is 0.345 e. The Labute approximate surface area is 199 Å². The predicted molar refractivity (Wildman–Crippen MR) is 121 cm³/mol. The minimum atomic E-state index is -1.75. The molecule has 0 spiro atoms. The quantitative estimate of drug-likeness (QED) is 0.428. The van der Waals surface area contributed by atoms with Gasteiger partial charge in [0, 0.05) is 0 Å². The van der Waals surface area contributed by atoms with E-state index in [9.17, 15) is 32.3 Å². The molecule has 1 atom stereocenters. The number of amides is 5. The third-order valence-electron chi connectivity index (χ3n) is 5.66. The van der Waals surface area contributed by atoms with Crippen LogP contribution in [0.4, 0.5) is 23.7 Å². The Morgan fingerprint density at radius 1 is 0.971 bits per heavy atom. The van der Waals surface area contributed by atoms with Gasteiger partial charge in [-0.2, -0.15) is 0 Å². The lowest BCUT2D eigenvalue weighted by atomic mass is 9.84. The monoisotopic (exact) mass is 490 g/mol. The van der Waals surface area contributed by atoms with Gasteiger partial charge in [-0.05, 0) is 35.6 Å². The zero-order valence-electron chi connectivity index (χ0n) is 19.6. The summed E-state index contributed by atoms with van der Waals surface area (Å²) in [5, 5.41) is 6.79. The summed E-state index contributed by atoms with van der Waals surface area (Å²) in [7, 11) is 0. The fourth-order valence-corrected chi connectivity index (χ4v) is 3.53. The minimum Gasteiger partial charge on any atom is -0.345 e. The molecule has 1 aliphatic rings. The van der Waals surface area contributed by atoms with Crippen molar-refractivity contribution in [3.05, 3.63) is 65.0 Å². The molecule has 0 aromatic heterocycles. The molecule has 2 aromatic carbocycles. The number of imide groups is 1. The highest BCUT2D eigenvalue weighted by atomic mass is 19.2. The van der Waals surface area contributed by atoms with Crippen molar-refractivity contribution < 1.29 is 32.3 Å². The number of anilines is 1. The fourth-order valence-electron chi connectivity index (χ4n) is 3.53.